The fourth-order valence-electron chi connectivity index (χ4n) is 5.01. The largest absolute Gasteiger partial charge is 0.494 e. The van der Waals surface area contributed by atoms with Crippen molar-refractivity contribution in [2.75, 3.05) is 23.1 Å². The standard InChI is InChI=1S/C28H22ClF2N7O2/c1-14(26-35-18-10-6-9-17(29)20(18)28(39)37(26)15-7-4-3-5-8-15)38-27-21(25(32)33-13-34-27)24(36-38)16-11-12-19(40-2)23(31)22(16)30/h3-14,26,35H,1-2H3,(H2,32,33,34). The van der Waals surface area contributed by atoms with Crippen molar-refractivity contribution in [1.82, 2.24) is 19.7 Å². The van der Waals surface area contributed by atoms with Crippen LogP contribution < -0.4 is 20.7 Å². The predicted octanol–water partition coefficient (Wildman–Crippen LogP) is 5.68. The third-order valence-corrected chi connectivity index (χ3v) is 7.26. The second-order valence-corrected chi connectivity index (χ2v) is 9.60. The van der Waals surface area contributed by atoms with Gasteiger partial charge in [0.15, 0.2) is 17.2 Å². The van der Waals surface area contributed by atoms with Crippen LogP contribution in [-0.2, 0) is 0 Å². The lowest BCUT2D eigenvalue weighted by molar-refractivity contribution is 0.0967. The van der Waals surface area contributed by atoms with Crippen molar-refractivity contribution in [2.45, 2.75) is 19.1 Å². The molecule has 0 saturated heterocycles. The van der Waals surface area contributed by atoms with Crippen LogP contribution >= 0.6 is 11.6 Å². The van der Waals surface area contributed by atoms with Gasteiger partial charge in [0, 0.05) is 11.3 Å². The molecule has 0 radical (unpaired) electrons. The molecule has 3 heterocycles. The average Bonchev–Trinajstić information content (AvgIpc) is 3.35. The van der Waals surface area contributed by atoms with Crippen LogP contribution in [0.4, 0.5) is 26.0 Å². The molecule has 6 rings (SSSR count). The Bertz CT molecular complexity index is 1780. The van der Waals surface area contributed by atoms with Crippen molar-refractivity contribution < 1.29 is 18.3 Å². The fourth-order valence-corrected chi connectivity index (χ4v) is 5.26. The van der Waals surface area contributed by atoms with E-state index < -0.39 is 23.8 Å². The van der Waals surface area contributed by atoms with E-state index in [0.717, 1.165) is 0 Å². The van der Waals surface area contributed by atoms with Gasteiger partial charge in [-0.2, -0.15) is 9.49 Å². The zero-order chi connectivity index (χ0) is 28.1. The Morgan fingerprint density at radius 1 is 1.05 bits per heavy atom. The van der Waals surface area contributed by atoms with E-state index in [2.05, 4.69) is 20.4 Å². The number of methoxy groups -OCH3 is 1. The highest BCUT2D eigenvalue weighted by Crippen LogP contribution is 2.40. The van der Waals surface area contributed by atoms with E-state index in [9.17, 15) is 9.18 Å². The number of anilines is 3. The number of carbonyl (C=O) groups is 1. The Balaban J connectivity index is 1.54. The first-order valence-electron chi connectivity index (χ1n) is 12.3. The topological polar surface area (TPSA) is 111 Å². The molecule has 3 aromatic carbocycles. The number of benzene rings is 3. The zero-order valence-corrected chi connectivity index (χ0v) is 22.0. The summed E-state index contributed by atoms with van der Waals surface area (Å²) in [5.74, 6) is -2.82. The molecule has 0 saturated carbocycles. The summed E-state index contributed by atoms with van der Waals surface area (Å²) >= 11 is 6.44. The number of hydrogen-bond donors (Lipinski definition) is 2. The van der Waals surface area contributed by atoms with Gasteiger partial charge < -0.3 is 15.8 Å². The Kier molecular flexibility index (Phi) is 6.22. The molecular weight excluding hydrogens is 540 g/mol. The molecule has 40 heavy (non-hydrogen) atoms. The second kappa shape index (κ2) is 9.76. The molecule has 2 aromatic heterocycles. The van der Waals surface area contributed by atoms with Crippen LogP contribution in [0.25, 0.3) is 22.3 Å². The van der Waals surface area contributed by atoms with Gasteiger partial charge in [-0.1, -0.05) is 35.9 Å². The van der Waals surface area contributed by atoms with E-state index >= 15 is 4.39 Å². The predicted molar refractivity (Wildman–Crippen MR) is 148 cm³/mol. The van der Waals surface area contributed by atoms with E-state index in [-0.39, 0.29) is 39.8 Å². The molecule has 2 atom stereocenters. The molecule has 0 spiro atoms. The minimum absolute atomic E-state index is 0.0406. The van der Waals surface area contributed by atoms with Crippen molar-refractivity contribution in [3.63, 3.8) is 0 Å². The molecule has 3 N–H and O–H groups in total. The van der Waals surface area contributed by atoms with E-state index in [1.165, 1.54) is 30.3 Å². The smallest absolute Gasteiger partial charge is 0.263 e. The third-order valence-electron chi connectivity index (χ3n) is 6.94. The second-order valence-electron chi connectivity index (χ2n) is 9.20. The first-order valence-corrected chi connectivity index (χ1v) is 12.6. The van der Waals surface area contributed by atoms with Crippen LogP contribution in [0.1, 0.15) is 23.3 Å². The number of nitrogen functional groups attached to an aromatic ring is 1. The highest BCUT2D eigenvalue weighted by molar-refractivity contribution is 6.35. The minimum Gasteiger partial charge on any atom is -0.494 e. The van der Waals surface area contributed by atoms with Crippen LogP contribution in [0.15, 0.2) is 67.0 Å². The van der Waals surface area contributed by atoms with Crippen LogP contribution in [0.2, 0.25) is 5.02 Å². The number of ether oxygens (including phenoxy) is 1. The van der Waals surface area contributed by atoms with E-state index in [1.807, 2.05) is 37.3 Å². The molecule has 2 unspecified atom stereocenters. The molecule has 12 heteroatoms. The number of nitrogens with one attached hydrogen (secondary N) is 1. The summed E-state index contributed by atoms with van der Waals surface area (Å²) < 4.78 is 36.4. The van der Waals surface area contributed by atoms with E-state index in [4.69, 9.17) is 22.1 Å². The van der Waals surface area contributed by atoms with Crippen LogP contribution in [0, 0.1) is 11.6 Å². The summed E-state index contributed by atoms with van der Waals surface area (Å²) in [5, 5.41) is 8.63. The normalized spacial score (nSPS) is 15.6. The van der Waals surface area contributed by atoms with Gasteiger partial charge in [0.2, 0.25) is 5.82 Å². The number of aromatic nitrogens is 4. The van der Waals surface area contributed by atoms with Gasteiger partial charge in [-0.3, -0.25) is 9.69 Å². The lowest BCUT2D eigenvalue weighted by atomic mass is 10.0. The summed E-state index contributed by atoms with van der Waals surface area (Å²) in [6.45, 7) is 1.83. The summed E-state index contributed by atoms with van der Waals surface area (Å²) in [6, 6.07) is 16.3. The number of rotatable bonds is 5. The lowest BCUT2D eigenvalue weighted by Gasteiger charge is -2.41. The maximum absolute atomic E-state index is 15.2. The monoisotopic (exact) mass is 561 g/mol. The SMILES string of the molecule is COc1ccc(-c2nn(C(C)C3Nc4cccc(Cl)c4C(=O)N3c3ccccc3)c3ncnc(N)c23)c(F)c1F. The Morgan fingerprint density at radius 3 is 2.58 bits per heavy atom. The quantitative estimate of drug-likeness (QED) is 0.284. The maximum atomic E-state index is 15.2. The average molecular weight is 562 g/mol. The zero-order valence-electron chi connectivity index (χ0n) is 21.3. The molecule has 0 bridgehead atoms. The van der Waals surface area contributed by atoms with Gasteiger partial charge in [-0.05, 0) is 43.3 Å². The van der Waals surface area contributed by atoms with Crippen molar-refractivity contribution in [2.24, 2.45) is 0 Å². The van der Waals surface area contributed by atoms with Crippen molar-refractivity contribution in [3.8, 4) is 17.0 Å². The van der Waals surface area contributed by atoms with Crippen LogP contribution in [-0.4, -0.2) is 38.9 Å². The Morgan fingerprint density at radius 2 is 1.82 bits per heavy atom. The minimum atomic E-state index is -1.16. The maximum Gasteiger partial charge on any atom is 0.263 e. The van der Waals surface area contributed by atoms with Gasteiger partial charge in [-0.25, -0.2) is 19.0 Å². The number of hydrogen-bond acceptors (Lipinski definition) is 7. The number of nitrogens with zero attached hydrogens (tertiary/aromatic N) is 5. The lowest BCUT2D eigenvalue weighted by Crippen LogP contribution is -2.53. The number of amides is 1. The molecule has 9 nitrogen and oxygen atoms in total. The third kappa shape index (κ3) is 3.89. The number of nitrogens with two attached hydrogens (primary N) is 1. The number of carbonyl (C=O) groups excluding carboxylic acids is 1. The summed E-state index contributed by atoms with van der Waals surface area (Å²) in [4.78, 5) is 23.9. The number of para-hydroxylation sites is 1. The van der Waals surface area contributed by atoms with Crippen molar-refractivity contribution in [3.05, 3.63) is 89.2 Å². The van der Waals surface area contributed by atoms with Crippen LogP contribution in [0.5, 0.6) is 5.75 Å². The van der Waals surface area contributed by atoms with Gasteiger partial charge in [-0.15, -0.1) is 0 Å². The molecule has 0 fully saturated rings. The molecule has 1 amide bonds. The molecular formula is C28H22ClF2N7O2. The summed E-state index contributed by atoms with van der Waals surface area (Å²) in [6.07, 6.45) is 0.575. The fraction of sp³-hybridized carbons (Fsp3) is 0.143. The summed E-state index contributed by atoms with van der Waals surface area (Å²) in [7, 11) is 1.25. The highest BCUT2D eigenvalue weighted by atomic mass is 35.5. The Hall–Kier alpha value is -4.77. The van der Waals surface area contributed by atoms with Gasteiger partial charge in [0.05, 0.1) is 34.8 Å². The van der Waals surface area contributed by atoms with Crippen molar-refractivity contribution in [1.29, 1.82) is 0 Å². The summed E-state index contributed by atoms with van der Waals surface area (Å²) in [5.41, 5.74) is 7.92. The Labute approximate surface area is 232 Å². The van der Waals surface area contributed by atoms with E-state index in [0.29, 0.717) is 22.0 Å². The molecule has 0 aliphatic carbocycles. The van der Waals surface area contributed by atoms with Crippen LogP contribution in [0.3, 0.4) is 0 Å². The molecule has 1 aliphatic rings. The number of halogens is 3. The highest BCUT2D eigenvalue weighted by Gasteiger charge is 2.39. The van der Waals surface area contributed by atoms with Gasteiger partial charge in [0.25, 0.3) is 5.91 Å². The molecule has 5 aromatic rings. The van der Waals surface area contributed by atoms with E-state index in [1.54, 1.807) is 23.1 Å². The number of fused-ring (bicyclic) bond motifs is 2. The molecule has 1 aliphatic heterocycles. The van der Waals surface area contributed by atoms with Gasteiger partial charge in [0.1, 0.15) is 24.0 Å². The first kappa shape index (κ1) is 25.5. The van der Waals surface area contributed by atoms with Crippen molar-refractivity contribution >= 4 is 45.7 Å². The molecule has 202 valence electrons. The van der Waals surface area contributed by atoms with Gasteiger partial charge >= 0.3 is 0 Å². The first-order chi connectivity index (χ1) is 19.3.